The van der Waals surface area contributed by atoms with Crippen molar-refractivity contribution in [1.29, 1.82) is 0 Å². The van der Waals surface area contributed by atoms with E-state index in [2.05, 4.69) is 4.72 Å². The minimum atomic E-state index is -3.89. The summed E-state index contributed by atoms with van der Waals surface area (Å²) in [5.41, 5.74) is 5.25. The van der Waals surface area contributed by atoms with Crippen molar-refractivity contribution in [2.75, 3.05) is 26.4 Å². The summed E-state index contributed by atoms with van der Waals surface area (Å²) in [5, 5.41) is 0. The number of carbonyl (C=O) groups excluding carboxylic acids is 1. The monoisotopic (exact) mass is 289 g/mol. The standard InChI is InChI=1S/C11H16FN3O3S/c1-7-4-8(5-9(13)11(7)12)19(17,18)14-6-10(16)15(2)3/h4-5,14H,6,13H2,1-3H3. The largest absolute Gasteiger partial charge is 0.396 e. The molecule has 0 aliphatic carbocycles. The molecule has 106 valence electrons. The van der Waals surface area contributed by atoms with Gasteiger partial charge in [-0.15, -0.1) is 0 Å². The first-order valence-electron chi connectivity index (χ1n) is 5.40. The summed E-state index contributed by atoms with van der Waals surface area (Å²) in [5.74, 6) is -1.04. The number of benzene rings is 1. The van der Waals surface area contributed by atoms with E-state index in [1.54, 1.807) is 0 Å². The molecule has 0 fully saturated rings. The Bertz CT molecular complexity index is 576. The smallest absolute Gasteiger partial charge is 0.241 e. The lowest BCUT2D eigenvalue weighted by Crippen LogP contribution is -2.36. The number of amides is 1. The first kappa shape index (κ1) is 15.4. The predicted molar refractivity (Wildman–Crippen MR) is 69.4 cm³/mol. The first-order chi connectivity index (χ1) is 8.65. The summed E-state index contributed by atoms with van der Waals surface area (Å²) in [6, 6.07) is 2.18. The topological polar surface area (TPSA) is 92.5 Å². The fourth-order valence-electron chi connectivity index (χ4n) is 1.32. The number of nitrogens with zero attached hydrogens (tertiary/aromatic N) is 1. The third-order valence-electron chi connectivity index (χ3n) is 2.48. The molecule has 0 unspecified atom stereocenters. The van der Waals surface area contributed by atoms with Crippen LogP contribution in [-0.2, 0) is 14.8 Å². The molecule has 0 atom stereocenters. The number of nitrogens with one attached hydrogen (secondary N) is 1. The van der Waals surface area contributed by atoms with E-state index in [-0.39, 0.29) is 22.7 Å². The van der Waals surface area contributed by atoms with E-state index in [0.717, 1.165) is 12.1 Å². The van der Waals surface area contributed by atoms with E-state index < -0.39 is 21.7 Å². The lowest BCUT2D eigenvalue weighted by Gasteiger charge is -2.12. The van der Waals surface area contributed by atoms with Crippen molar-refractivity contribution in [1.82, 2.24) is 9.62 Å². The maximum Gasteiger partial charge on any atom is 0.241 e. The Morgan fingerprint density at radius 1 is 1.42 bits per heavy atom. The third-order valence-corrected chi connectivity index (χ3v) is 3.86. The first-order valence-corrected chi connectivity index (χ1v) is 6.89. The van der Waals surface area contributed by atoms with Gasteiger partial charge >= 0.3 is 0 Å². The van der Waals surface area contributed by atoms with Crippen molar-refractivity contribution < 1.29 is 17.6 Å². The fourth-order valence-corrected chi connectivity index (χ4v) is 2.41. The van der Waals surface area contributed by atoms with E-state index >= 15 is 0 Å². The molecular formula is C11H16FN3O3S. The number of aryl methyl sites for hydroxylation is 1. The Kier molecular flexibility index (Phi) is 4.48. The number of likely N-dealkylation sites (N-methyl/N-ethyl adjacent to an activating group) is 1. The quantitative estimate of drug-likeness (QED) is 0.768. The van der Waals surface area contributed by atoms with Gasteiger partial charge in [0.25, 0.3) is 0 Å². The Labute approximate surface area is 111 Å². The Balaban J connectivity index is 2.99. The third kappa shape index (κ3) is 3.65. The van der Waals surface area contributed by atoms with Crippen LogP contribution >= 0.6 is 0 Å². The molecule has 0 aromatic heterocycles. The predicted octanol–water partition coefficient (Wildman–Crippen LogP) is 0.0828. The molecule has 1 aromatic rings. The van der Waals surface area contributed by atoms with E-state index in [9.17, 15) is 17.6 Å². The normalized spacial score (nSPS) is 11.4. The Hall–Kier alpha value is -1.67. The molecule has 0 heterocycles. The SMILES string of the molecule is Cc1cc(S(=O)(=O)NCC(=O)N(C)C)cc(N)c1F. The minimum absolute atomic E-state index is 0.124. The van der Waals surface area contributed by atoms with Crippen LogP contribution in [0.1, 0.15) is 5.56 Å². The van der Waals surface area contributed by atoms with Gasteiger partial charge < -0.3 is 10.6 Å². The number of nitrogens with two attached hydrogens (primary N) is 1. The van der Waals surface area contributed by atoms with Crippen LogP contribution in [0.4, 0.5) is 10.1 Å². The molecule has 0 bridgehead atoms. The molecule has 0 saturated heterocycles. The number of anilines is 1. The van der Waals surface area contributed by atoms with Gasteiger partial charge in [-0.3, -0.25) is 4.79 Å². The van der Waals surface area contributed by atoms with Crippen molar-refractivity contribution >= 4 is 21.6 Å². The molecule has 1 rings (SSSR count). The summed E-state index contributed by atoms with van der Waals surface area (Å²) in [6.45, 7) is 1.04. The number of sulfonamides is 1. The Morgan fingerprint density at radius 2 is 2.00 bits per heavy atom. The van der Waals surface area contributed by atoms with Gasteiger partial charge in [0.1, 0.15) is 5.82 Å². The van der Waals surface area contributed by atoms with Crippen LogP contribution in [0.2, 0.25) is 0 Å². The lowest BCUT2D eigenvalue weighted by atomic mass is 10.2. The zero-order chi connectivity index (χ0) is 14.8. The van der Waals surface area contributed by atoms with Crippen LogP contribution in [0.5, 0.6) is 0 Å². The van der Waals surface area contributed by atoms with E-state index in [1.807, 2.05) is 0 Å². The summed E-state index contributed by atoms with van der Waals surface area (Å²) in [7, 11) is -0.874. The molecule has 6 nitrogen and oxygen atoms in total. The van der Waals surface area contributed by atoms with Crippen LogP contribution in [0, 0.1) is 12.7 Å². The number of hydrogen-bond acceptors (Lipinski definition) is 4. The highest BCUT2D eigenvalue weighted by atomic mass is 32.2. The summed E-state index contributed by atoms with van der Waals surface area (Å²) >= 11 is 0. The second kappa shape index (κ2) is 5.54. The van der Waals surface area contributed by atoms with Crippen LogP contribution in [0.15, 0.2) is 17.0 Å². The number of halogens is 1. The second-order valence-electron chi connectivity index (χ2n) is 4.26. The maximum absolute atomic E-state index is 13.3. The van der Waals surface area contributed by atoms with Gasteiger partial charge in [-0.25, -0.2) is 17.5 Å². The van der Waals surface area contributed by atoms with Gasteiger partial charge in [0.15, 0.2) is 0 Å². The van der Waals surface area contributed by atoms with Crippen LogP contribution in [0.25, 0.3) is 0 Å². The van der Waals surface area contributed by atoms with E-state index in [1.165, 1.54) is 25.9 Å². The molecular weight excluding hydrogens is 273 g/mol. The molecule has 0 aliphatic heterocycles. The number of carbonyl (C=O) groups is 1. The highest BCUT2D eigenvalue weighted by molar-refractivity contribution is 7.89. The van der Waals surface area contributed by atoms with Gasteiger partial charge in [0.05, 0.1) is 17.1 Å². The van der Waals surface area contributed by atoms with E-state index in [4.69, 9.17) is 5.73 Å². The van der Waals surface area contributed by atoms with Crippen molar-refractivity contribution in [3.63, 3.8) is 0 Å². The van der Waals surface area contributed by atoms with Crippen molar-refractivity contribution in [3.05, 3.63) is 23.5 Å². The second-order valence-corrected chi connectivity index (χ2v) is 6.02. The average molecular weight is 289 g/mol. The summed E-state index contributed by atoms with van der Waals surface area (Å²) in [6.07, 6.45) is 0. The molecule has 0 radical (unpaired) electrons. The molecule has 0 spiro atoms. The van der Waals surface area contributed by atoms with Crippen LogP contribution < -0.4 is 10.5 Å². The number of rotatable bonds is 4. The lowest BCUT2D eigenvalue weighted by molar-refractivity contribution is -0.127. The Morgan fingerprint density at radius 3 is 2.47 bits per heavy atom. The van der Waals surface area contributed by atoms with E-state index in [0.29, 0.717) is 0 Å². The number of nitrogen functional groups attached to an aromatic ring is 1. The highest BCUT2D eigenvalue weighted by Crippen LogP contribution is 2.20. The molecule has 0 aliphatic rings. The van der Waals surface area contributed by atoms with Crippen LogP contribution in [0.3, 0.4) is 0 Å². The number of hydrogen-bond donors (Lipinski definition) is 2. The molecule has 19 heavy (non-hydrogen) atoms. The maximum atomic E-state index is 13.3. The fraction of sp³-hybridized carbons (Fsp3) is 0.364. The van der Waals surface area contributed by atoms with Crippen molar-refractivity contribution in [2.45, 2.75) is 11.8 Å². The van der Waals surface area contributed by atoms with Crippen molar-refractivity contribution in [2.24, 2.45) is 0 Å². The average Bonchev–Trinajstić information content (AvgIpc) is 2.32. The van der Waals surface area contributed by atoms with Gasteiger partial charge in [0, 0.05) is 14.1 Å². The molecule has 1 amide bonds. The molecule has 1 aromatic carbocycles. The summed E-state index contributed by atoms with van der Waals surface area (Å²) < 4.78 is 39.3. The van der Waals surface area contributed by atoms with Gasteiger partial charge in [-0.2, -0.15) is 0 Å². The molecule has 0 saturated carbocycles. The van der Waals surface area contributed by atoms with Gasteiger partial charge in [-0.05, 0) is 24.6 Å². The zero-order valence-electron chi connectivity index (χ0n) is 10.9. The van der Waals surface area contributed by atoms with Crippen LogP contribution in [-0.4, -0.2) is 39.9 Å². The van der Waals surface area contributed by atoms with Crippen molar-refractivity contribution in [3.8, 4) is 0 Å². The highest BCUT2D eigenvalue weighted by Gasteiger charge is 2.18. The minimum Gasteiger partial charge on any atom is -0.396 e. The molecule has 3 N–H and O–H groups in total. The zero-order valence-corrected chi connectivity index (χ0v) is 11.7. The molecule has 8 heteroatoms. The van der Waals surface area contributed by atoms with Gasteiger partial charge in [0.2, 0.25) is 15.9 Å². The van der Waals surface area contributed by atoms with Gasteiger partial charge in [-0.1, -0.05) is 0 Å². The summed E-state index contributed by atoms with van der Waals surface area (Å²) in [4.78, 5) is 12.4.